The number of thiophene rings is 1. The highest BCUT2D eigenvalue weighted by Gasteiger charge is 2.17. The Morgan fingerprint density at radius 2 is 0.746 bits per heavy atom. The highest BCUT2D eigenvalue weighted by atomic mass is 32.1. The summed E-state index contributed by atoms with van der Waals surface area (Å²) < 4.78 is 9.07. The van der Waals surface area contributed by atoms with Crippen molar-refractivity contribution in [3.05, 3.63) is 237 Å². The molecule has 0 aliphatic carbocycles. The molecule has 0 saturated heterocycles. The van der Waals surface area contributed by atoms with Crippen LogP contribution >= 0.6 is 11.3 Å². The lowest BCUT2D eigenvalue weighted by Crippen LogP contribution is -2.09. The average molecular weight is 822 g/mol. The lowest BCUT2D eigenvalue weighted by atomic mass is 9.97. The third kappa shape index (κ3) is 6.67. The second-order valence-electron chi connectivity index (χ2n) is 16.1. The molecule has 12 rings (SSSR count). The first kappa shape index (κ1) is 36.8. The van der Waals surface area contributed by atoms with Gasteiger partial charge in [0.05, 0.1) is 0 Å². The van der Waals surface area contributed by atoms with Crippen LogP contribution in [-0.2, 0) is 0 Å². The molecular formula is C60H39NOS. The van der Waals surface area contributed by atoms with Crippen molar-refractivity contribution in [2.75, 3.05) is 4.90 Å². The number of hydrogen-bond acceptors (Lipinski definition) is 3. The van der Waals surface area contributed by atoms with Crippen LogP contribution in [0.4, 0.5) is 17.1 Å². The predicted octanol–water partition coefficient (Wildman–Crippen LogP) is 17.8. The minimum absolute atomic E-state index is 0.909. The maximum absolute atomic E-state index is 6.42. The molecule has 0 aliphatic rings. The molecule has 0 aliphatic heterocycles. The number of nitrogens with zero attached hydrogens (tertiary/aromatic N) is 1. The first-order valence-electron chi connectivity index (χ1n) is 21.4. The molecule has 0 unspecified atom stereocenters. The third-order valence-corrected chi connectivity index (χ3v) is 13.5. The SMILES string of the molecule is c1ccc(-c2ccc(N(c3ccc(-c4cccc(-c5cccc6c5oc5ccccc56)c4)cc3)c3ccc(-c4cccc(-c5cccc6c5sc5ccccc56)c4)cc3)cc2)cc1. The van der Waals surface area contributed by atoms with Crippen molar-refractivity contribution >= 4 is 70.5 Å². The van der Waals surface area contributed by atoms with E-state index in [0.29, 0.717) is 0 Å². The van der Waals surface area contributed by atoms with E-state index in [0.717, 1.165) is 61.3 Å². The topological polar surface area (TPSA) is 16.4 Å². The molecule has 63 heavy (non-hydrogen) atoms. The van der Waals surface area contributed by atoms with Crippen molar-refractivity contribution in [1.29, 1.82) is 0 Å². The fraction of sp³-hybridized carbons (Fsp3) is 0. The molecule has 12 aromatic rings. The molecule has 2 heterocycles. The summed E-state index contributed by atoms with van der Waals surface area (Å²) in [7, 11) is 0. The van der Waals surface area contributed by atoms with E-state index in [9.17, 15) is 0 Å². The van der Waals surface area contributed by atoms with Crippen LogP contribution in [0.2, 0.25) is 0 Å². The minimum Gasteiger partial charge on any atom is -0.455 e. The molecule has 0 fully saturated rings. The van der Waals surface area contributed by atoms with E-state index in [1.165, 1.54) is 53.6 Å². The van der Waals surface area contributed by atoms with Crippen molar-refractivity contribution in [1.82, 2.24) is 0 Å². The van der Waals surface area contributed by atoms with Gasteiger partial charge in [0.15, 0.2) is 0 Å². The van der Waals surface area contributed by atoms with Gasteiger partial charge in [-0.1, -0.05) is 176 Å². The monoisotopic (exact) mass is 821 g/mol. The molecule has 2 nitrogen and oxygen atoms in total. The van der Waals surface area contributed by atoms with Crippen molar-refractivity contribution < 1.29 is 4.42 Å². The van der Waals surface area contributed by atoms with E-state index in [2.05, 4.69) is 229 Å². The smallest absolute Gasteiger partial charge is 0.143 e. The third-order valence-electron chi connectivity index (χ3n) is 12.3. The summed E-state index contributed by atoms with van der Waals surface area (Å²) >= 11 is 1.88. The Labute approximate surface area is 370 Å². The molecule has 0 atom stereocenters. The minimum atomic E-state index is 0.909. The van der Waals surface area contributed by atoms with Crippen LogP contribution < -0.4 is 4.90 Å². The molecule has 0 amide bonds. The number of fused-ring (bicyclic) bond motifs is 6. The summed E-state index contributed by atoms with van der Waals surface area (Å²) in [5, 5.41) is 4.92. The lowest BCUT2D eigenvalue weighted by molar-refractivity contribution is 0.670. The number of benzene rings is 10. The van der Waals surface area contributed by atoms with E-state index in [-0.39, 0.29) is 0 Å². The molecule has 296 valence electrons. The average Bonchev–Trinajstić information content (AvgIpc) is 3.94. The molecule has 0 saturated carbocycles. The van der Waals surface area contributed by atoms with Gasteiger partial charge in [-0.3, -0.25) is 0 Å². The van der Waals surface area contributed by atoms with Crippen molar-refractivity contribution in [3.8, 4) is 55.6 Å². The van der Waals surface area contributed by atoms with Gasteiger partial charge < -0.3 is 9.32 Å². The van der Waals surface area contributed by atoms with Gasteiger partial charge in [0.2, 0.25) is 0 Å². The van der Waals surface area contributed by atoms with Crippen LogP contribution in [0.5, 0.6) is 0 Å². The first-order valence-corrected chi connectivity index (χ1v) is 22.2. The number of rotatable bonds is 8. The molecule has 3 heteroatoms. The number of furan rings is 1. The number of hydrogen-bond donors (Lipinski definition) is 0. The molecule has 0 bridgehead atoms. The zero-order chi connectivity index (χ0) is 41.7. The zero-order valence-corrected chi connectivity index (χ0v) is 35.1. The predicted molar refractivity (Wildman–Crippen MR) is 268 cm³/mol. The van der Waals surface area contributed by atoms with Crippen molar-refractivity contribution in [3.63, 3.8) is 0 Å². The van der Waals surface area contributed by atoms with Crippen LogP contribution in [0.3, 0.4) is 0 Å². The zero-order valence-electron chi connectivity index (χ0n) is 34.3. The Bertz CT molecular complexity index is 3400. The summed E-state index contributed by atoms with van der Waals surface area (Å²) in [4.78, 5) is 2.35. The quantitative estimate of drug-likeness (QED) is 0.152. The molecular weight excluding hydrogens is 783 g/mol. The standard InChI is InChI=1S/C60H39NOS/c1-2-12-40(13-3-1)41-26-32-48(33-27-41)61(49-34-28-42(29-35-49)44-14-8-16-46(38-44)51-20-10-22-55-53-18-4-6-24-57(53)62-59(51)55)50-36-30-43(31-37-50)45-15-9-17-47(39-45)52-21-11-23-56-54-19-5-7-25-58(54)63-60(52)56/h1-39H. The van der Waals surface area contributed by atoms with Gasteiger partial charge in [0, 0.05) is 53.6 Å². The fourth-order valence-corrected chi connectivity index (χ4v) is 10.4. The van der Waals surface area contributed by atoms with Gasteiger partial charge in [-0.05, 0) is 111 Å². The maximum atomic E-state index is 6.42. The number of para-hydroxylation sites is 2. The van der Waals surface area contributed by atoms with Gasteiger partial charge in [0.1, 0.15) is 11.2 Å². The van der Waals surface area contributed by atoms with E-state index in [4.69, 9.17) is 4.42 Å². The van der Waals surface area contributed by atoms with Crippen LogP contribution in [0.25, 0.3) is 97.7 Å². The molecule has 0 radical (unpaired) electrons. The van der Waals surface area contributed by atoms with E-state index >= 15 is 0 Å². The second kappa shape index (κ2) is 15.5. The fourth-order valence-electron chi connectivity index (χ4n) is 9.17. The first-order chi connectivity index (χ1) is 31.2. The van der Waals surface area contributed by atoms with E-state index in [1.807, 2.05) is 23.5 Å². The molecule has 2 aromatic heterocycles. The van der Waals surface area contributed by atoms with Gasteiger partial charge >= 0.3 is 0 Å². The van der Waals surface area contributed by atoms with Crippen LogP contribution in [0, 0.1) is 0 Å². The lowest BCUT2D eigenvalue weighted by Gasteiger charge is -2.26. The summed E-state index contributed by atoms with van der Waals surface area (Å²) in [6.45, 7) is 0. The highest BCUT2D eigenvalue weighted by Crippen LogP contribution is 2.42. The Hall–Kier alpha value is -7.98. The van der Waals surface area contributed by atoms with Gasteiger partial charge in [0.25, 0.3) is 0 Å². The van der Waals surface area contributed by atoms with Gasteiger partial charge in [-0.15, -0.1) is 11.3 Å². The Kier molecular flexibility index (Phi) is 9.06. The number of anilines is 3. The summed E-state index contributed by atoms with van der Waals surface area (Å²) in [5.41, 5.74) is 16.9. The Balaban J connectivity index is 0.888. The van der Waals surface area contributed by atoms with Gasteiger partial charge in [-0.25, -0.2) is 0 Å². The van der Waals surface area contributed by atoms with Crippen LogP contribution in [-0.4, -0.2) is 0 Å². The summed E-state index contributed by atoms with van der Waals surface area (Å²) in [6.07, 6.45) is 0. The maximum Gasteiger partial charge on any atom is 0.143 e. The Morgan fingerprint density at radius 1 is 0.302 bits per heavy atom. The molecule has 0 spiro atoms. The Morgan fingerprint density at radius 3 is 1.40 bits per heavy atom. The summed E-state index contributed by atoms with van der Waals surface area (Å²) in [6, 6.07) is 85.2. The van der Waals surface area contributed by atoms with E-state index in [1.54, 1.807) is 0 Å². The largest absolute Gasteiger partial charge is 0.455 e. The van der Waals surface area contributed by atoms with Crippen LogP contribution in [0.15, 0.2) is 241 Å². The summed E-state index contributed by atoms with van der Waals surface area (Å²) in [5.74, 6) is 0. The second-order valence-corrected chi connectivity index (χ2v) is 17.1. The molecule has 0 N–H and O–H groups in total. The van der Waals surface area contributed by atoms with Crippen LogP contribution in [0.1, 0.15) is 0 Å². The molecule has 10 aromatic carbocycles. The van der Waals surface area contributed by atoms with E-state index < -0.39 is 0 Å². The highest BCUT2D eigenvalue weighted by molar-refractivity contribution is 7.26. The van der Waals surface area contributed by atoms with Gasteiger partial charge in [-0.2, -0.15) is 0 Å². The van der Waals surface area contributed by atoms with Crippen molar-refractivity contribution in [2.45, 2.75) is 0 Å². The van der Waals surface area contributed by atoms with Crippen molar-refractivity contribution in [2.24, 2.45) is 0 Å². The normalized spacial score (nSPS) is 11.5.